The number of nitrogens with zero attached hydrogens (tertiary/aromatic N) is 1. The zero-order valence-electron chi connectivity index (χ0n) is 16.9. The van der Waals surface area contributed by atoms with Crippen LogP contribution in [0.25, 0.3) is 0 Å². The molecular formula is C24H27N3O2. The summed E-state index contributed by atoms with van der Waals surface area (Å²) in [6, 6.07) is 19.5. The lowest BCUT2D eigenvalue weighted by Crippen LogP contribution is -2.14. The SMILES string of the molecule is CCCOc1cccnc1NC(=O)c1cccc(CNc2ccccc2CC)c1. The fraction of sp³-hybridized carbons (Fsp3) is 0.250. The summed E-state index contributed by atoms with van der Waals surface area (Å²) in [5.74, 6) is 0.809. The van der Waals surface area contributed by atoms with Crippen LogP contribution in [0.5, 0.6) is 5.75 Å². The van der Waals surface area contributed by atoms with E-state index in [1.807, 2.05) is 43.3 Å². The van der Waals surface area contributed by atoms with Gasteiger partial charge in [0, 0.05) is 24.0 Å². The van der Waals surface area contributed by atoms with Gasteiger partial charge in [0.05, 0.1) is 6.61 Å². The van der Waals surface area contributed by atoms with Crippen LogP contribution in [0.15, 0.2) is 66.9 Å². The first kappa shape index (κ1) is 20.4. The van der Waals surface area contributed by atoms with E-state index in [2.05, 4.69) is 34.7 Å². The van der Waals surface area contributed by atoms with Crippen LogP contribution in [0.2, 0.25) is 0 Å². The standard InChI is InChI=1S/C24H27N3O2/c1-3-15-29-22-13-8-14-25-23(22)27-24(28)20-11-7-9-18(16-20)17-26-21-12-6-5-10-19(21)4-2/h5-14,16,26H,3-4,15,17H2,1-2H3,(H,25,27,28). The number of hydrogen-bond acceptors (Lipinski definition) is 4. The number of hydrogen-bond donors (Lipinski definition) is 2. The number of benzene rings is 2. The first-order valence-corrected chi connectivity index (χ1v) is 10.0. The lowest BCUT2D eigenvalue weighted by atomic mass is 10.1. The average molecular weight is 389 g/mol. The van der Waals surface area contributed by atoms with Gasteiger partial charge in [-0.05, 0) is 54.3 Å². The zero-order chi connectivity index (χ0) is 20.5. The highest BCUT2D eigenvalue weighted by Gasteiger charge is 2.11. The molecule has 0 atom stereocenters. The second kappa shape index (κ2) is 10.3. The molecule has 0 fully saturated rings. The number of para-hydroxylation sites is 1. The Bertz CT molecular complexity index is 956. The molecule has 0 bridgehead atoms. The summed E-state index contributed by atoms with van der Waals surface area (Å²) < 4.78 is 5.67. The molecule has 1 amide bonds. The summed E-state index contributed by atoms with van der Waals surface area (Å²) in [6.07, 6.45) is 3.50. The summed E-state index contributed by atoms with van der Waals surface area (Å²) in [5, 5.41) is 6.32. The van der Waals surface area contributed by atoms with Crippen molar-refractivity contribution >= 4 is 17.4 Å². The highest BCUT2D eigenvalue weighted by molar-refractivity contribution is 6.04. The molecule has 5 nitrogen and oxygen atoms in total. The molecule has 3 aromatic rings. The number of aromatic nitrogens is 1. The maximum Gasteiger partial charge on any atom is 0.256 e. The monoisotopic (exact) mass is 389 g/mol. The molecule has 1 heterocycles. The van der Waals surface area contributed by atoms with Crippen molar-refractivity contribution in [3.05, 3.63) is 83.6 Å². The molecule has 0 aliphatic rings. The summed E-state index contributed by atoms with van der Waals surface area (Å²) in [4.78, 5) is 17.0. The number of anilines is 2. The van der Waals surface area contributed by atoms with Gasteiger partial charge in [0.2, 0.25) is 0 Å². The topological polar surface area (TPSA) is 63.2 Å². The van der Waals surface area contributed by atoms with E-state index in [9.17, 15) is 4.79 Å². The van der Waals surface area contributed by atoms with Crippen molar-refractivity contribution in [3.8, 4) is 5.75 Å². The average Bonchev–Trinajstić information content (AvgIpc) is 2.77. The zero-order valence-corrected chi connectivity index (χ0v) is 16.9. The number of amides is 1. The molecule has 3 rings (SSSR count). The van der Waals surface area contributed by atoms with Crippen molar-refractivity contribution in [2.24, 2.45) is 0 Å². The predicted octanol–water partition coefficient (Wildman–Crippen LogP) is 5.30. The minimum Gasteiger partial charge on any atom is -0.490 e. The second-order valence-corrected chi connectivity index (χ2v) is 6.72. The van der Waals surface area contributed by atoms with E-state index in [-0.39, 0.29) is 5.91 Å². The van der Waals surface area contributed by atoms with Gasteiger partial charge in [-0.1, -0.05) is 44.2 Å². The summed E-state index contributed by atoms with van der Waals surface area (Å²) in [6.45, 7) is 5.40. The number of ether oxygens (including phenoxy) is 1. The van der Waals surface area contributed by atoms with Crippen LogP contribution in [0, 0.1) is 0 Å². The van der Waals surface area contributed by atoms with E-state index in [4.69, 9.17) is 4.74 Å². The normalized spacial score (nSPS) is 10.4. The van der Waals surface area contributed by atoms with E-state index in [1.54, 1.807) is 18.3 Å². The fourth-order valence-electron chi connectivity index (χ4n) is 3.01. The lowest BCUT2D eigenvalue weighted by Gasteiger charge is -2.13. The Morgan fingerprint density at radius 2 is 1.90 bits per heavy atom. The Morgan fingerprint density at radius 3 is 2.72 bits per heavy atom. The smallest absolute Gasteiger partial charge is 0.256 e. The molecule has 0 aliphatic carbocycles. The first-order chi connectivity index (χ1) is 14.2. The van der Waals surface area contributed by atoms with E-state index >= 15 is 0 Å². The molecule has 0 unspecified atom stereocenters. The van der Waals surface area contributed by atoms with Crippen molar-refractivity contribution in [1.29, 1.82) is 0 Å². The number of aryl methyl sites for hydroxylation is 1. The third-order valence-electron chi connectivity index (χ3n) is 4.53. The maximum atomic E-state index is 12.7. The van der Waals surface area contributed by atoms with Gasteiger partial charge in [0.1, 0.15) is 0 Å². The number of rotatable bonds is 9. The molecule has 0 radical (unpaired) electrons. The molecule has 5 heteroatoms. The lowest BCUT2D eigenvalue weighted by molar-refractivity contribution is 0.102. The van der Waals surface area contributed by atoms with Crippen LogP contribution in [0.4, 0.5) is 11.5 Å². The fourth-order valence-corrected chi connectivity index (χ4v) is 3.01. The molecule has 29 heavy (non-hydrogen) atoms. The van der Waals surface area contributed by atoms with Gasteiger partial charge in [0.25, 0.3) is 5.91 Å². The van der Waals surface area contributed by atoms with Gasteiger partial charge in [-0.25, -0.2) is 4.98 Å². The molecule has 2 aromatic carbocycles. The van der Waals surface area contributed by atoms with Crippen LogP contribution in [0.3, 0.4) is 0 Å². The Kier molecular flexibility index (Phi) is 7.22. The molecule has 150 valence electrons. The summed E-state index contributed by atoms with van der Waals surface area (Å²) in [7, 11) is 0. The molecule has 0 saturated heterocycles. The Balaban J connectivity index is 1.68. The largest absolute Gasteiger partial charge is 0.490 e. The third-order valence-corrected chi connectivity index (χ3v) is 4.53. The van der Waals surface area contributed by atoms with E-state index in [0.29, 0.717) is 30.3 Å². The van der Waals surface area contributed by atoms with Crippen molar-refractivity contribution < 1.29 is 9.53 Å². The van der Waals surface area contributed by atoms with Gasteiger partial charge in [-0.3, -0.25) is 4.79 Å². The van der Waals surface area contributed by atoms with Crippen molar-refractivity contribution in [3.63, 3.8) is 0 Å². The summed E-state index contributed by atoms with van der Waals surface area (Å²) in [5.41, 5.74) is 4.01. The van der Waals surface area contributed by atoms with Crippen molar-refractivity contribution in [2.45, 2.75) is 33.2 Å². The number of pyridine rings is 1. The van der Waals surface area contributed by atoms with Crippen LogP contribution in [-0.4, -0.2) is 17.5 Å². The molecule has 0 spiro atoms. The van der Waals surface area contributed by atoms with Crippen molar-refractivity contribution in [1.82, 2.24) is 4.98 Å². The second-order valence-electron chi connectivity index (χ2n) is 6.72. The van der Waals surface area contributed by atoms with Crippen LogP contribution >= 0.6 is 0 Å². The molecule has 0 aliphatic heterocycles. The van der Waals surface area contributed by atoms with E-state index in [1.165, 1.54) is 5.56 Å². The van der Waals surface area contributed by atoms with Crippen LogP contribution < -0.4 is 15.4 Å². The van der Waals surface area contributed by atoms with Gasteiger partial charge < -0.3 is 15.4 Å². The van der Waals surface area contributed by atoms with Crippen LogP contribution in [-0.2, 0) is 13.0 Å². The Hall–Kier alpha value is -3.34. The van der Waals surface area contributed by atoms with Gasteiger partial charge >= 0.3 is 0 Å². The van der Waals surface area contributed by atoms with Crippen LogP contribution in [0.1, 0.15) is 41.8 Å². The van der Waals surface area contributed by atoms with E-state index in [0.717, 1.165) is 24.1 Å². The molecule has 2 N–H and O–H groups in total. The first-order valence-electron chi connectivity index (χ1n) is 10.0. The minimum absolute atomic E-state index is 0.208. The van der Waals surface area contributed by atoms with Gasteiger partial charge in [-0.15, -0.1) is 0 Å². The van der Waals surface area contributed by atoms with Crippen molar-refractivity contribution in [2.75, 3.05) is 17.2 Å². The molecule has 0 saturated carbocycles. The van der Waals surface area contributed by atoms with E-state index < -0.39 is 0 Å². The Morgan fingerprint density at radius 1 is 1.03 bits per heavy atom. The quantitative estimate of drug-likeness (QED) is 0.521. The third kappa shape index (κ3) is 5.57. The number of carbonyl (C=O) groups is 1. The number of carbonyl (C=O) groups excluding carboxylic acids is 1. The predicted molar refractivity (Wildman–Crippen MR) is 118 cm³/mol. The highest BCUT2D eigenvalue weighted by Crippen LogP contribution is 2.22. The minimum atomic E-state index is -0.208. The maximum absolute atomic E-state index is 12.7. The summed E-state index contributed by atoms with van der Waals surface area (Å²) >= 11 is 0. The van der Waals surface area contributed by atoms with Gasteiger partial charge in [-0.2, -0.15) is 0 Å². The molecular weight excluding hydrogens is 362 g/mol. The highest BCUT2D eigenvalue weighted by atomic mass is 16.5. The number of nitrogens with one attached hydrogen (secondary N) is 2. The Labute approximate surface area is 172 Å². The molecule has 1 aromatic heterocycles. The van der Waals surface area contributed by atoms with Gasteiger partial charge in [0.15, 0.2) is 11.6 Å².